The Balaban J connectivity index is 1.72. The standard InChI is InChI=1S/C17H24N4/c1-13(14-7-9-15(18)10-8-14)11-17-20-19-12-21(17)16-5-3-2-4-6-16/h7-10,12-13,16H,2-6,11,18H2,1H3. The molecule has 1 aromatic heterocycles. The Bertz CT molecular complexity index is 567. The smallest absolute Gasteiger partial charge is 0.133 e. The lowest BCUT2D eigenvalue weighted by Crippen LogP contribution is -2.16. The van der Waals surface area contributed by atoms with E-state index in [-0.39, 0.29) is 0 Å². The molecule has 0 radical (unpaired) electrons. The number of hydrogen-bond acceptors (Lipinski definition) is 3. The van der Waals surface area contributed by atoms with E-state index in [2.05, 4.69) is 33.8 Å². The summed E-state index contributed by atoms with van der Waals surface area (Å²) in [6.07, 6.45) is 9.41. The van der Waals surface area contributed by atoms with Gasteiger partial charge in [0.2, 0.25) is 0 Å². The van der Waals surface area contributed by atoms with Gasteiger partial charge in [-0.15, -0.1) is 10.2 Å². The van der Waals surface area contributed by atoms with Gasteiger partial charge in [-0.3, -0.25) is 0 Å². The molecule has 0 amide bonds. The maximum atomic E-state index is 5.76. The number of rotatable bonds is 4. The second-order valence-corrected chi connectivity index (χ2v) is 6.22. The largest absolute Gasteiger partial charge is 0.399 e. The predicted molar refractivity (Wildman–Crippen MR) is 85.1 cm³/mol. The van der Waals surface area contributed by atoms with Gasteiger partial charge < -0.3 is 10.3 Å². The minimum Gasteiger partial charge on any atom is -0.399 e. The van der Waals surface area contributed by atoms with Crippen LogP contribution in [0.2, 0.25) is 0 Å². The molecule has 1 unspecified atom stereocenters. The molecule has 0 saturated heterocycles. The number of nitrogen functional groups attached to an aromatic ring is 1. The van der Waals surface area contributed by atoms with E-state index in [1.54, 1.807) is 0 Å². The molecule has 0 spiro atoms. The molecule has 1 fully saturated rings. The highest BCUT2D eigenvalue weighted by Crippen LogP contribution is 2.30. The van der Waals surface area contributed by atoms with Crippen LogP contribution in [0.15, 0.2) is 30.6 Å². The second-order valence-electron chi connectivity index (χ2n) is 6.22. The van der Waals surface area contributed by atoms with E-state index < -0.39 is 0 Å². The first-order valence-corrected chi connectivity index (χ1v) is 7.98. The molecule has 2 aromatic rings. The van der Waals surface area contributed by atoms with Gasteiger partial charge in [-0.25, -0.2) is 0 Å². The van der Waals surface area contributed by atoms with Crippen LogP contribution in [0.3, 0.4) is 0 Å². The predicted octanol–water partition coefficient (Wildman–Crippen LogP) is 3.71. The zero-order valence-electron chi connectivity index (χ0n) is 12.7. The van der Waals surface area contributed by atoms with Gasteiger partial charge in [0.05, 0.1) is 0 Å². The summed E-state index contributed by atoms with van der Waals surface area (Å²) >= 11 is 0. The number of anilines is 1. The molecule has 0 bridgehead atoms. The van der Waals surface area contributed by atoms with Crippen LogP contribution in [0, 0.1) is 0 Å². The summed E-state index contributed by atoms with van der Waals surface area (Å²) in [4.78, 5) is 0. The van der Waals surface area contributed by atoms with E-state index in [4.69, 9.17) is 5.73 Å². The van der Waals surface area contributed by atoms with Gasteiger partial charge in [-0.2, -0.15) is 0 Å². The summed E-state index contributed by atoms with van der Waals surface area (Å²) < 4.78 is 2.31. The summed E-state index contributed by atoms with van der Waals surface area (Å²) in [7, 11) is 0. The molecule has 4 heteroatoms. The third-order valence-corrected chi connectivity index (χ3v) is 4.61. The van der Waals surface area contributed by atoms with Crippen molar-refractivity contribution in [3.8, 4) is 0 Å². The average Bonchev–Trinajstić information content (AvgIpc) is 2.97. The normalized spacial score (nSPS) is 17.8. The van der Waals surface area contributed by atoms with E-state index >= 15 is 0 Å². The van der Waals surface area contributed by atoms with E-state index in [9.17, 15) is 0 Å². The van der Waals surface area contributed by atoms with Crippen molar-refractivity contribution < 1.29 is 0 Å². The van der Waals surface area contributed by atoms with Gasteiger partial charge in [-0.05, 0) is 36.5 Å². The first-order valence-electron chi connectivity index (χ1n) is 7.98. The lowest BCUT2D eigenvalue weighted by atomic mass is 9.94. The molecule has 1 aromatic carbocycles. The highest BCUT2D eigenvalue weighted by Gasteiger charge is 2.19. The molecule has 1 aliphatic rings. The van der Waals surface area contributed by atoms with Gasteiger partial charge in [0.25, 0.3) is 0 Å². The van der Waals surface area contributed by atoms with Crippen LogP contribution in [0.25, 0.3) is 0 Å². The molecule has 1 heterocycles. The summed E-state index contributed by atoms with van der Waals surface area (Å²) in [5.74, 6) is 1.54. The summed E-state index contributed by atoms with van der Waals surface area (Å²) in [6, 6.07) is 8.76. The van der Waals surface area contributed by atoms with Crippen molar-refractivity contribution in [1.82, 2.24) is 14.8 Å². The summed E-state index contributed by atoms with van der Waals surface area (Å²) in [5.41, 5.74) is 7.88. The van der Waals surface area contributed by atoms with Gasteiger partial charge in [0.15, 0.2) is 0 Å². The topological polar surface area (TPSA) is 56.7 Å². The van der Waals surface area contributed by atoms with Crippen LogP contribution in [0.5, 0.6) is 0 Å². The number of hydrogen-bond donors (Lipinski definition) is 1. The summed E-state index contributed by atoms with van der Waals surface area (Å²) in [6.45, 7) is 2.24. The molecule has 4 nitrogen and oxygen atoms in total. The Morgan fingerprint density at radius 3 is 2.62 bits per heavy atom. The molecule has 2 N–H and O–H groups in total. The Kier molecular flexibility index (Phi) is 4.23. The van der Waals surface area contributed by atoms with Crippen molar-refractivity contribution in [2.24, 2.45) is 0 Å². The molecule has 21 heavy (non-hydrogen) atoms. The van der Waals surface area contributed by atoms with Gasteiger partial charge in [0, 0.05) is 18.2 Å². The number of aromatic nitrogens is 3. The lowest BCUT2D eigenvalue weighted by molar-refractivity contribution is 0.343. The minimum absolute atomic E-state index is 0.428. The van der Waals surface area contributed by atoms with Crippen molar-refractivity contribution >= 4 is 5.69 Å². The van der Waals surface area contributed by atoms with Crippen LogP contribution < -0.4 is 5.73 Å². The fourth-order valence-corrected chi connectivity index (χ4v) is 3.29. The minimum atomic E-state index is 0.428. The highest BCUT2D eigenvalue weighted by molar-refractivity contribution is 5.40. The van der Waals surface area contributed by atoms with Crippen molar-refractivity contribution in [2.45, 2.75) is 57.4 Å². The first kappa shape index (κ1) is 14.1. The molecular formula is C17H24N4. The fourth-order valence-electron chi connectivity index (χ4n) is 3.29. The SMILES string of the molecule is CC(Cc1nncn1C1CCCCC1)c1ccc(N)cc1. The molecule has 112 valence electrons. The van der Waals surface area contributed by atoms with Gasteiger partial charge >= 0.3 is 0 Å². The first-order chi connectivity index (χ1) is 10.2. The highest BCUT2D eigenvalue weighted by atomic mass is 15.3. The maximum absolute atomic E-state index is 5.76. The molecule has 3 rings (SSSR count). The second kappa shape index (κ2) is 6.29. The van der Waals surface area contributed by atoms with E-state index in [0.717, 1.165) is 17.9 Å². The van der Waals surface area contributed by atoms with E-state index in [0.29, 0.717) is 12.0 Å². The Morgan fingerprint density at radius 2 is 1.90 bits per heavy atom. The Morgan fingerprint density at radius 1 is 1.19 bits per heavy atom. The molecule has 1 atom stereocenters. The maximum Gasteiger partial charge on any atom is 0.133 e. The molecule has 1 saturated carbocycles. The molecule has 1 aliphatic carbocycles. The fraction of sp³-hybridized carbons (Fsp3) is 0.529. The number of nitrogens with two attached hydrogens (primary N) is 1. The zero-order chi connectivity index (χ0) is 14.7. The van der Waals surface area contributed by atoms with Crippen LogP contribution in [0.1, 0.15) is 62.4 Å². The van der Waals surface area contributed by atoms with Crippen molar-refractivity contribution in [1.29, 1.82) is 0 Å². The van der Waals surface area contributed by atoms with Crippen LogP contribution in [-0.2, 0) is 6.42 Å². The monoisotopic (exact) mass is 284 g/mol. The van der Waals surface area contributed by atoms with Crippen LogP contribution in [-0.4, -0.2) is 14.8 Å². The zero-order valence-corrected chi connectivity index (χ0v) is 12.7. The third kappa shape index (κ3) is 3.26. The van der Waals surface area contributed by atoms with Gasteiger partial charge in [0.1, 0.15) is 12.2 Å². The Hall–Kier alpha value is -1.84. The average molecular weight is 284 g/mol. The van der Waals surface area contributed by atoms with Crippen molar-refractivity contribution in [3.05, 3.63) is 42.0 Å². The van der Waals surface area contributed by atoms with Crippen LogP contribution >= 0.6 is 0 Å². The summed E-state index contributed by atoms with van der Waals surface area (Å²) in [5, 5.41) is 8.51. The van der Waals surface area contributed by atoms with Crippen molar-refractivity contribution in [2.75, 3.05) is 5.73 Å². The van der Waals surface area contributed by atoms with Crippen LogP contribution in [0.4, 0.5) is 5.69 Å². The van der Waals surface area contributed by atoms with Crippen molar-refractivity contribution in [3.63, 3.8) is 0 Å². The van der Waals surface area contributed by atoms with E-state index in [1.165, 1.54) is 37.7 Å². The number of benzene rings is 1. The van der Waals surface area contributed by atoms with E-state index in [1.807, 2.05) is 18.5 Å². The van der Waals surface area contributed by atoms with Gasteiger partial charge in [-0.1, -0.05) is 38.3 Å². The quantitative estimate of drug-likeness (QED) is 0.871. The molecular weight excluding hydrogens is 260 g/mol. The lowest BCUT2D eigenvalue weighted by Gasteiger charge is -2.24. The number of nitrogens with zero attached hydrogens (tertiary/aromatic N) is 3. The Labute approximate surface area is 126 Å². The molecule has 0 aliphatic heterocycles. The third-order valence-electron chi connectivity index (χ3n) is 4.61.